The number of aryl methyl sites for hydroxylation is 1. The number of pyridine rings is 2. The van der Waals surface area contributed by atoms with E-state index in [9.17, 15) is 4.79 Å². The summed E-state index contributed by atoms with van der Waals surface area (Å²) in [6, 6.07) is 21.3. The van der Waals surface area contributed by atoms with Crippen LogP contribution in [0.1, 0.15) is 21.6 Å². The van der Waals surface area contributed by atoms with Crippen molar-refractivity contribution in [3.63, 3.8) is 0 Å². The molecule has 0 unspecified atom stereocenters. The Labute approximate surface area is 178 Å². The van der Waals surface area contributed by atoms with Gasteiger partial charge in [-0.25, -0.2) is 15.4 Å². The number of nitrogens with one attached hydrogen (secondary N) is 3. The highest BCUT2D eigenvalue weighted by Crippen LogP contribution is 2.24. The van der Waals surface area contributed by atoms with E-state index in [1.165, 1.54) is 0 Å². The number of fused-ring (bicyclic) bond motifs is 2. The maximum atomic E-state index is 13.1. The molecule has 3 N–H and O–H groups in total. The predicted molar refractivity (Wildman–Crippen MR) is 122 cm³/mol. The first-order chi connectivity index (χ1) is 15.2. The SMILES string of the molecule is Cc1[nH]c2ccccc2c1/C=N/NC(=O)c1cc(-c2cc[nH+]cc2)nc2ccccc12. The summed E-state index contributed by atoms with van der Waals surface area (Å²) in [7, 11) is 0. The van der Waals surface area contributed by atoms with Crippen LogP contribution < -0.4 is 10.4 Å². The highest BCUT2D eigenvalue weighted by molar-refractivity contribution is 6.08. The quantitative estimate of drug-likeness (QED) is 0.345. The zero-order chi connectivity index (χ0) is 21.2. The summed E-state index contributed by atoms with van der Waals surface area (Å²) in [5.74, 6) is -0.281. The molecule has 6 nitrogen and oxygen atoms in total. The summed E-state index contributed by atoms with van der Waals surface area (Å²) < 4.78 is 0. The molecule has 6 heteroatoms. The summed E-state index contributed by atoms with van der Waals surface area (Å²) in [6.45, 7) is 1.99. The molecule has 3 heterocycles. The zero-order valence-corrected chi connectivity index (χ0v) is 16.9. The Morgan fingerprint density at radius 1 is 1.03 bits per heavy atom. The molecule has 0 bridgehead atoms. The van der Waals surface area contributed by atoms with Crippen molar-refractivity contribution in [1.29, 1.82) is 0 Å². The molecule has 5 aromatic rings. The lowest BCUT2D eigenvalue weighted by atomic mass is 10.0. The minimum absolute atomic E-state index is 0.281. The molecular formula is C25H20N5O+. The maximum Gasteiger partial charge on any atom is 0.272 e. The highest BCUT2D eigenvalue weighted by atomic mass is 16.2. The third-order valence-electron chi connectivity index (χ3n) is 5.28. The Hall–Kier alpha value is -4.32. The van der Waals surface area contributed by atoms with E-state index < -0.39 is 0 Å². The Kier molecular flexibility index (Phi) is 4.72. The molecule has 1 amide bonds. The number of carbonyl (C=O) groups is 1. The number of aromatic nitrogens is 3. The summed E-state index contributed by atoms with van der Waals surface area (Å²) in [5.41, 5.74) is 8.62. The van der Waals surface area contributed by atoms with Crippen LogP contribution in [0, 0.1) is 6.92 Å². The molecule has 0 saturated carbocycles. The Bertz CT molecular complexity index is 1440. The molecule has 3 aromatic heterocycles. The first-order valence-electron chi connectivity index (χ1n) is 9.98. The number of hydrogen-bond donors (Lipinski definition) is 2. The lowest BCUT2D eigenvalue weighted by Gasteiger charge is -2.08. The number of H-pyrrole nitrogens is 2. The number of benzene rings is 2. The van der Waals surface area contributed by atoms with Crippen LogP contribution in [0.25, 0.3) is 33.1 Å². The second-order valence-electron chi connectivity index (χ2n) is 7.27. The van der Waals surface area contributed by atoms with E-state index in [1.807, 2.05) is 80.0 Å². The van der Waals surface area contributed by atoms with Gasteiger partial charge in [-0.3, -0.25) is 4.79 Å². The molecule has 0 radical (unpaired) electrons. The van der Waals surface area contributed by atoms with Gasteiger partial charge in [-0.2, -0.15) is 5.10 Å². The van der Waals surface area contributed by atoms with Crippen molar-refractivity contribution in [2.45, 2.75) is 6.92 Å². The van der Waals surface area contributed by atoms with E-state index in [0.717, 1.165) is 44.3 Å². The molecule has 0 atom stereocenters. The van der Waals surface area contributed by atoms with E-state index >= 15 is 0 Å². The normalized spacial score (nSPS) is 11.4. The summed E-state index contributed by atoms with van der Waals surface area (Å²) in [4.78, 5) is 24.1. The third-order valence-corrected chi connectivity index (χ3v) is 5.28. The fourth-order valence-electron chi connectivity index (χ4n) is 3.75. The van der Waals surface area contributed by atoms with Crippen LogP contribution in [-0.4, -0.2) is 22.1 Å². The lowest BCUT2D eigenvalue weighted by molar-refractivity contribution is -0.377. The Balaban J connectivity index is 1.49. The fourth-order valence-corrected chi connectivity index (χ4v) is 3.75. The summed E-state index contributed by atoms with van der Waals surface area (Å²) in [5, 5.41) is 6.09. The molecule has 5 rings (SSSR count). The van der Waals surface area contributed by atoms with Crippen LogP contribution >= 0.6 is 0 Å². The summed E-state index contributed by atoms with van der Waals surface area (Å²) in [6.07, 6.45) is 5.35. The number of hydrogen-bond acceptors (Lipinski definition) is 3. The van der Waals surface area contributed by atoms with E-state index in [2.05, 4.69) is 20.5 Å². The van der Waals surface area contributed by atoms with Crippen molar-refractivity contribution in [1.82, 2.24) is 15.4 Å². The van der Waals surface area contributed by atoms with Gasteiger partial charge in [-0.15, -0.1) is 0 Å². The van der Waals surface area contributed by atoms with Gasteiger partial charge >= 0.3 is 0 Å². The van der Waals surface area contributed by atoms with Gasteiger partial charge in [0.1, 0.15) is 0 Å². The van der Waals surface area contributed by atoms with Gasteiger partial charge < -0.3 is 4.98 Å². The van der Waals surface area contributed by atoms with Crippen molar-refractivity contribution in [2.24, 2.45) is 5.10 Å². The molecule has 0 fully saturated rings. The van der Waals surface area contributed by atoms with Crippen LogP contribution in [0.15, 0.2) is 84.2 Å². The Morgan fingerprint density at radius 3 is 2.61 bits per heavy atom. The first kappa shape index (κ1) is 18.7. The lowest BCUT2D eigenvalue weighted by Crippen LogP contribution is -2.18. The fraction of sp³-hybridized carbons (Fsp3) is 0.0400. The van der Waals surface area contributed by atoms with Gasteiger partial charge in [0.25, 0.3) is 5.91 Å². The monoisotopic (exact) mass is 406 g/mol. The van der Waals surface area contributed by atoms with Gasteiger partial charge in [-0.1, -0.05) is 36.4 Å². The van der Waals surface area contributed by atoms with E-state index in [1.54, 1.807) is 12.3 Å². The van der Waals surface area contributed by atoms with Gasteiger partial charge in [0, 0.05) is 45.2 Å². The van der Waals surface area contributed by atoms with E-state index in [0.29, 0.717) is 5.56 Å². The van der Waals surface area contributed by atoms with E-state index in [-0.39, 0.29) is 5.91 Å². The molecule has 0 aliphatic rings. The second-order valence-corrected chi connectivity index (χ2v) is 7.27. The third kappa shape index (κ3) is 3.55. The van der Waals surface area contributed by atoms with Gasteiger partial charge in [0.15, 0.2) is 12.4 Å². The van der Waals surface area contributed by atoms with Crippen LogP contribution in [-0.2, 0) is 0 Å². The summed E-state index contributed by atoms with van der Waals surface area (Å²) >= 11 is 0. The smallest absolute Gasteiger partial charge is 0.272 e. The zero-order valence-electron chi connectivity index (χ0n) is 16.9. The average molecular weight is 406 g/mol. The highest BCUT2D eigenvalue weighted by Gasteiger charge is 2.14. The van der Waals surface area contributed by atoms with Gasteiger partial charge in [-0.05, 0) is 25.1 Å². The molecule has 0 spiro atoms. The van der Waals surface area contributed by atoms with Gasteiger partial charge in [0.05, 0.1) is 23.0 Å². The van der Waals surface area contributed by atoms with Crippen molar-refractivity contribution in [3.05, 3.63) is 95.9 Å². The number of nitrogens with zero attached hydrogens (tertiary/aromatic N) is 2. The standard InChI is InChI=1S/C25H19N5O/c1-16-21(19-7-3-4-8-22(19)28-16)15-27-30-25(31)20-14-24(17-10-12-26-13-11-17)29-23-9-5-2-6-18(20)23/h2-15,28H,1H3,(H,30,31)/p+1/b27-15+. The minimum atomic E-state index is -0.281. The first-order valence-corrected chi connectivity index (χ1v) is 9.98. The van der Waals surface area contributed by atoms with Gasteiger partial charge in [0.2, 0.25) is 0 Å². The number of para-hydroxylation sites is 2. The minimum Gasteiger partial charge on any atom is -0.358 e. The molecular weight excluding hydrogens is 386 g/mol. The van der Waals surface area contributed by atoms with Crippen molar-refractivity contribution in [3.8, 4) is 11.3 Å². The molecule has 0 aliphatic heterocycles. The average Bonchev–Trinajstić information content (AvgIpc) is 3.14. The molecule has 0 aliphatic carbocycles. The second kappa shape index (κ2) is 7.84. The molecule has 0 saturated heterocycles. The van der Waals surface area contributed by atoms with Crippen LogP contribution in [0.5, 0.6) is 0 Å². The number of hydrazone groups is 1. The van der Waals surface area contributed by atoms with Crippen molar-refractivity contribution >= 4 is 33.9 Å². The Morgan fingerprint density at radius 2 is 1.77 bits per heavy atom. The largest absolute Gasteiger partial charge is 0.358 e. The molecule has 150 valence electrons. The number of rotatable bonds is 4. The molecule has 31 heavy (non-hydrogen) atoms. The van der Waals surface area contributed by atoms with Crippen LogP contribution in [0.2, 0.25) is 0 Å². The number of carbonyl (C=O) groups excluding carboxylic acids is 1. The maximum absolute atomic E-state index is 13.1. The van der Waals surface area contributed by atoms with Crippen LogP contribution in [0.4, 0.5) is 0 Å². The van der Waals surface area contributed by atoms with Crippen LogP contribution in [0.3, 0.4) is 0 Å². The topological polar surface area (TPSA) is 84.3 Å². The van der Waals surface area contributed by atoms with E-state index in [4.69, 9.17) is 4.98 Å². The van der Waals surface area contributed by atoms with Crippen molar-refractivity contribution in [2.75, 3.05) is 0 Å². The number of aromatic amines is 2. The number of amides is 1. The molecule has 2 aromatic carbocycles. The van der Waals surface area contributed by atoms with Crippen molar-refractivity contribution < 1.29 is 9.78 Å². The predicted octanol–water partition coefficient (Wildman–Crippen LogP) is 4.27.